The van der Waals surface area contributed by atoms with Crippen molar-refractivity contribution in [3.63, 3.8) is 0 Å². The summed E-state index contributed by atoms with van der Waals surface area (Å²) in [6.45, 7) is 4.92. The first-order valence-electron chi connectivity index (χ1n) is 8.34. The van der Waals surface area contributed by atoms with Crippen LogP contribution in [0.1, 0.15) is 19.4 Å². The van der Waals surface area contributed by atoms with Crippen molar-refractivity contribution >= 4 is 23.4 Å². The molecular weight excluding hydrogens is 401 g/mol. The average Bonchev–Trinajstić information content (AvgIpc) is 2.61. The van der Waals surface area contributed by atoms with Gasteiger partial charge in [-0.15, -0.1) is 11.8 Å². The lowest BCUT2D eigenvalue weighted by atomic mass is 10.2. The first-order chi connectivity index (χ1) is 12.8. The summed E-state index contributed by atoms with van der Waals surface area (Å²) in [6, 6.07) is 10.2. The average molecular weight is 421 g/mol. The molecule has 2 aromatic rings. The van der Waals surface area contributed by atoms with Gasteiger partial charge in [0.25, 0.3) is 0 Å². The minimum Gasteiger partial charge on any atom is -0.456 e. The number of hydrogen-bond donors (Lipinski definition) is 0. The minimum absolute atomic E-state index is 0.101. The predicted molar refractivity (Wildman–Crippen MR) is 101 cm³/mol. The van der Waals surface area contributed by atoms with Crippen LogP contribution in [0.3, 0.4) is 0 Å². The number of ether oxygens (including phenoxy) is 3. The van der Waals surface area contributed by atoms with E-state index in [1.807, 2.05) is 19.9 Å². The van der Waals surface area contributed by atoms with Gasteiger partial charge in [0.15, 0.2) is 6.29 Å². The molecule has 0 saturated heterocycles. The second kappa shape index (κ2) is 10.2. The molecule has 0 N–H and O–H groups in total. The van der Waals surface area contributed by atoms with Crippen LogP contribution < -0.4 is 4.74 Å². The fraction of sp³-hybridized carbons (Fsp3) is 0.368. The molecule has 0 radical (unpaired) electrons. The number of thioether (sulfide) groups is 1. The Balaban J connectivity index is 2.05. The van der Waals surface area contributed by atoms with E-state index in [0.717, 1.165) is 17.0 Å². The van der Waals surface area contributed by atoms with E-state index in [1.165, 1.54) is 17.8 Å². The topological polar surface area (TPSA) is 27.7 Å². The fourth-order valence-corrected chi connectivity index (χ4v) is 3.31. The van der Waals surface area contributed by atoms with E-state index in [-0.39, 0.29) is 17.1 Å². The van der Waals surface area contributed by atoms with E-state index in [9.17, 15) is 13.2 Å². The van der Waals surface area contributed by atoms with Gasteiger partial charge in [0, 0.05) is 23.9 Å². The zero-order valence-corrected chi connectivity index (χ0v) is 16.5. The molecule has 148 valence electrons. The van der Waals surface area contributed by atoms with Gasteiger partial charge in [-0.05, 0) is 50.2 Å². The summed E-state index contributed by atoms with van der Waals surface area (Å²) >= 11 is 7.47. The Hall–Kier alpha value is -1.41. The van der Waals surface area contributed by atoms with Crippen LogP contribution in [0.25, 0.3) is 0 Å². The zero-order valence-electron chi connectivity index (χ0n) is 14.9. The van der Waals surface area contributed by atoms with Crippen molar-refractivity contribution in [2.45, 2.75) is 31.2 Å². The lowest BCUT2D eigenvalue weighted by Crippen LogP contribution is -2.19. The summed E-state index contributed by atoms with van der Waals surface area (Å²) in [6.07, 6.45) is -4.75. The van der Waals surface area contributed by atoms with Crippen LogP contribution in [0.2, 0.25) is 5.02 Å². The van der Waals surface area contributed by atoms with Gasteiger partial charge in [-0.1, -0.05) is 17.7 Å². The van der Waals surface area contributed by atoms with E-state index in [4.69, 9.17) is 25.8 Å². The normalized spacial score (nSPS) is 11.8. The molecule has 0 bridgehead atoms. The first kappa shape index (κ1) is 21.9. The van der Waals surface area contributed by atoms with Gasteiger partial charge in [0.05, 0.1) is 10.6 Å². The predicted octanol–water partition coefficient (Wildman–Crippen LogP) is 6.64. The Bertz CT molecular complexity index is 734. The Labute approximate surface area is 165 Å². The van der Waals surface area contributed by atoms with Crippen molar-refractivity contribution in [1.29, 1.82) is 0 Å². The fourth-order valence-electron chi connectivity index (χ4n) is 2.19. The summed E-state index contributed by atoms with van der Waals surface area (Å²) < 4.78 is 54.8. The second-order valence-electron chi connectivity index (χ2n) is 5.37. The third-order valence-corrected chi connectivity index (χ3v) is 4.71. The summed E-state index contributed by atoms with van der Waals surface area (Å²) in [5.74, 6) is 1.24. The number of halogens is 4. The van der Waals surface area contributed by atoms with Crippen LogP contribution in [0.15, 0.2) is 47.4 Å². The third-order valence-electron chi connectivity index (χ3n) is 3.38. The Kier molecular flexibility index (Phi) is 8.28. The SMILES string of the molecule is CCOC(CSc1cccc(Oc2ccc(C(F)(F)F)cc2Cl)c1)OCC. The van der Waals surface area contributed by atoms with E-state index in [2.05, 4.69) is 0 Å². The van der Waals surface area contributed by atoms with Crippen molar-refractivity contribution in [3.8, 4) is 11.5 Å². The van der Waals surface area contributed by atoms with Gasteiger partial charge < -0.3 is 14.2 Å². The van der Waals surface area contributed by atoms with E-state index in [1.54, 1.807) is 18.2 Å². The molecule has 2 aromatic carbocycles. The second-order valence-corrected chi connectivity index (χ2v) is 6.87. The quantitative estimate of drug-likeness (QED) is 0.335. The molecule has 27 heavy (non-hydrogen) atoms. The molecule has 2 rings (SSSR count). The molecule has 0 saturated carbocycles. The summed E-state index contributed by atoms with van der Waals surface area (Å²) in [7, 11) is 0. The van der Waals surface area contributed by atoms with Crippen molar-refractivity contribution < 1.29 is 27.4 Å². The van der Waals surface area contributed by atoms with Crippen LogP contribution in [-0.2, 0) is 15.7 Å². The molecule has 0 amide bonds. The van der Waals surface area contributed by atoms with Crippen molar-refractivity contribution in [2.24, 2.45) is 0 Å². The maximum atomic E-state index is 12.7. The van der Waals surface area contributed by atoms with Gasteiger partial charge in [-0.3, -0.25) is 0 Å². The van der Waals surface area contributed by atoms with Crippen molar-refractivity contribution in [1.82, 2.24) is 0 Å². The number of hydrogen-bond acceptors (Lipinski definition) is 4. The van der Waals surface area contributed by atoms with Crippen LogP contribution in [0, 0.1) is 0 Å². The number of rotatable bonds is 9. The number of benzene rings is 2. The standard InChI is InChI=1S/C19H20ClF3O3S/c1-3-24-18(25-4-2)12-27-15-7-5-6-14(11-15)26-17-9-8-13(10-16(17)20)19(21,22)23/h5-11,18H,3-4,12H2,1-2H3. The van der Waals surface area contributed by atoms with Gasteiger partial charge in [-0.25, -0.2) is 0 Å². The molecule has 0 aliphatic heterocycles. The molecule has 0 aromatic heterocycles. The highest BCUT2D eigenvalue weighted by atomic mass is 35.5. The Morgan fingerprint density at radius 3 is 2.33 bits per heavy atom. The highest BCUT2D eigenvalue weighted by molar-refractivity contribution is 7.99. The number of alkyl halides is 3. The molecule has 0 heterocycles. The molecule has 0 aliphatic rings. The highest BCUT2D eigenvalue weighted by Crippen LogP contribution is 2.37. The monoisotopic (exact) mass is 420 g/mol. The van der Waals surface area contributed by atoms with Crippen molar-refractivity contribution in [2.75, 3.05) is 19.0 Å². The van der Waals surface area contributed by atoms with Crippen LogP contribution in [0.5, 0.6) is 11.5 Å². The smallest absolute Gasteiger partial charge is 0.416 e. The van der Waals surface area contributed by atoms with Gasteiger partial charge in [-0.2, -0.15) is 13.2 Å². The first-order valence-corrected chi connectivity index (χ1v) is 9.70. The Morgan fingerprint density at radius 2 is 1.74 bits per heavy atom. The zero-order chi connectivity index (χ0) is 19.9. The molecular formula is C19H20ClF3O3S. The largest absolute Gasteiger partial charge is 0.456 e. The van der Waals surface area contributed by atoms with Gasteiger partial charge in [0.1, 0.15) is 11.5 Å². The van der Waals surface area contributed by atoms with Crippen LogP contribution in [0.4, 0.5) is 13.2 Å². The summed E-state index contributed by atoms with van der Waals surface area (Å²) in [4.78, 5) is 0.917. The van der Waals surface area contributed by atoms with E-state index < -0.39 is 11.7 Å². The van der Waals surface area contributed by atoms with Crippen LogP contribution >= 0.6 is 23.4 Å². The van der Waals surface area contributed by atoms with Gasteiger partial charge >= 0.3 is 6.18 Å². The van der Waals surface area contributed by atoms with Crippen LogP contribution in [-0.4, -0.2) is 25.3 Å². The third kappa shape index (κ3) is 6.92. The molecule has 0 unspecified atom stereocenters. The summed E-state index contributed by atoms with van der Waals surface area (Å²) in [5, 5.41) is -0.101. The maximum absolute atomic E-state index is 12.7. The summed E-state index contributed by atoms with van der Waals surface area (Å²) in [5.41, 5.74) is -0.818. The van der Waals surface area contributed by atoms with E-state index >= 15 is 0 Å². The molecule has 0 fully saturated rings. The molecule has 3 nitrogen and oxygen atoms in total. The highest BCUT2D eigenvalue weighted by Gasteiger charge is 2.31. The molecule has 0 spiro atoms. The van der Waals surface area contributed by atoms with Crippen molar-refractivity contribution in [3.05, 3.63) is 53.1 Å². The lowest BCUT2D eigenvalue weighted by Gasteiger charge is -2.16. The lowest BCUT2D eigenvalue weighted by molar-refractivity contribution is -0.137. The Morgan fingerprint density at radius 1 is 1.04 bits per heavy atom. The van der Waals surface area contributed by atoms with E-state index in [0.29, 0.717) is 24.7 Å². The minimum atomic E-state index is -4.45. The molecule has 0 aliphatic carbocycles. The molecule has 8 heteroatoms. The van der Waals surface area contributed by atoms with Gasteiger partial charge in [0.2, 0.25) is 0 Å². The molecule has 0 atom stereocenters. The maximum Gasteiger partial charge on any atom is 0.416 e.